The van der Waals surface area contributed by atoms with Crippen molar-refractivity contribution in [3.05, 3.63) is 17.3 Å². The lowest BCUT2D eigenvalue weighted by molar-refractivity contribution is 0.0897. The zero-order valence-corrected chi connectivity index (χ0v) is 8.55. The highest BCUT2D eigenvalue weighted by molar-refractivity contribution is 5.95. The normalized spacial score (nSPS) is 12.9. The highest BCUT2D eigenvalue weighted by Gasteiger charge is 2.20. The molecule has 0 fully saturated rings. The first-order chi connectivity index (χ1) is 6.06. The first kappa shape index (κ1) is 9.96. The molecule has 1 aromatic heterocycles. The van der Waals surface area contributed by atoms with Crippen molar-refractivity contribution in [2.75, 3.05) is 0 Å². The molecular weight excluding hydrogens is 166 g/mol. The number of hydrogen-bond donors (Lipinski definition) is 0. The third kappa shape index (κ3) is 1.97. The molecule has 0 spiro atoms. The Kier molecular flexibility index (Phi) is 2.86. The van der Waals surface area contributed by atoms with Crippen molar-refractivity contribution in [2.24, 2.45) is 5.92 Å². The first-order valence-corrected chi connectivity index (χ1v) is 4.54. The fourth-order valence-corrected chi connectivity index (χ4v) is 1.17. The molecular formula is C10H15NO2. The molecule has 1 atom stereocenters. The Morgan fingerprint density at radius 1 is 1.54 bits per heavy atom. The molecule has 3 heteroatoms. The van der Waals surface area contributed by atoms with E-state index in [1.165, 1.54) is 0 Å². The SMILES string of the molecule is CCC(C)C(=O)c1oc(C)nc1C. The fraction of sp³-hybridized carbons (Fsp3) is 0.600. The van der Waals surface area contributed by atoms with Crippen molar-refractivity contribution < 1.29 is 9.21 Å². The number of Topliss-reactive ketones (excluding diaryl/α,β-unsaturated/α-hetero) is 1. The summed E-state index contributed by atoms with van der Waals surface area (Å²) in [7, 11) is 0. The topological polar surface area (TPSA) is 43.1 Å². The van der Waals surface area contributed by atoms with E-state index in [0.717, 1.165) is 6.42 Å². The van der Waals surface area contributed by atoms with Gasteiger partial charge in [-0.05, 0) is 13.3 Å². The Morgan fingerprint density at radius 2 is 2.15 bits per heavy atom. The van der Waals surface area contributed by atoms with E-state index in [1.54, 1.807) is 13.8 Å². The quantitative estimate of drug-likeness (QED) is 0.673. The van der Waals surface area contributed by atoms with Gasteiger partial charge in [0.25, 0.3) is 0 Å². The Labute approximate surface area is 78.2 Å². The third-order valence-corrected chi connectivity index (χ3v) is 2.19. The van der Waals surface area contributed by atoms with Crippen LogP contribution in [0.3, 0.4) is 0 Å². The number of oxazole rings is 1. The van der Waals surface area contributed by atoms with E-state index in [1.807, 2.05) is 13.8 Å². The number of aryl methyl sites for hydroxylation is 2. The van der Waals surface area contributed by atoms with E-state index in [4.69, 9.17) is 4.42 Å². The van der Waals surface area contributed by atoms with Crippen LogP contribution in [0.15, 0.2) is 4.42 Å². The van der Waals surface area contributed by atoms with Gasteiger partial charge in [-0.1, -0.05) is 13.8 Å². The number of carbonyl (C=O) groups is 1. The number of nitrogens with zero attached hydrogens (tertiary/aromatic N) is 1. The van der Waals surface area contributed by atoms with Gasteiger partial charge < -0.3 is 4.42 Å². The molecule has 0 aromatic carbocycles. The van der Waals surface area contributed by atoms with Crippen molar-refractivity contribution in [3.8, 4) is 0 Å². The number of rotatable bonds is 3. The maximum absolute atomic E-state index is 11.7. The monoisotopic (exact) mass is 181 g/mol. The molecule has 72 valence electrons. The van der Waals surface area contributed by atoms with Crippen LogP contribution in [0, 0.1) is 19.8 Å². The van der Waals surface area contributed by atoms with Crippen molar-refractivity contribution in [2.45, 2.75) is 34.1 Å². The predicted molar refractivity (Wildman–Crippen MR) is 49.8 cm³/mol. The van der Waals surface area contributed by atoms with Crippen molar-refractivity contribution in [1.29, 1.82) is 0 Å². The van der Waals surface area contributed by atoms with E-state index < -0.39 is 0 Å². The summed E-state index contributed by atoms with van der Waals surface area (Å²) >= 11 is 0. The van der Waals surface area contributed by atoms with Crippen molar-refractivity contribution in [3.63, 3.8) is 0 Å². The molecule has 0 aliphatic heterocycles. The minimum absolute atomic E-state index is 0.0195. The van der Waals surface area contributed by atoms with Crippen molar-refractivity contribution >= 4 is 5.78 Å². The zero-order chi connectivity index (χ0) is 10.0. The fourth-order valence-electron chi connectivity index (χ4n) is 1.17. The summed E-state index contributed by atoms with van der Waals surface area (Å²) in [5.41, 5.74) is 0.697. The van der Waals surface area contributed by atoms with Crippen LogP contribution in [0.2, 0.25) is 0 Å². The van der Waals surface area contributed by atoms with Gasteiger partial charge in [-0.3, -0.25) is 4.79 Å². The van der Waals surface area contributed by atoms with Gasteiger partial charge in [-0.2, -0.15) is 0 Å². The Balaban J connectivity index is 2.94. The van der Waals surface area contributed by atoms with Gasteiger partial charge in [0, 0.05) is 12.8 Å². The van der Waals surface area contributed by atoms with Gasteiger partial charge in [0.15, 0.2) is 11.7 Å². The van der Waals surface area contributed by atoms with Gasteiger partial charge in [0.1, 0.15) is 0 Å². The highest BCUT2D eigenvalue weighted by atomic mass is 16.4. The first-order valence-electron chi connectivity index (χ1n) is 4.54. The van der Waals surface area contributed by atoms with Crippen molar-refractivity contribution in [1.82, 2.24) is 4.98 Å². The zero-order valence-electron chi connectivity index (χ0n) is 8.55. The molecule has 1 unspecified atom stereocenters. The lowest BCUT2D eigenvalue weighted by Crippen LogP contribution is -2.10. The largest absolute Gasteiger partial charge is 0.438 e. The maximum Gasteiger partial charge on any atom is 0.202 e. The summed E-state index contributed by atoms with van der Waals surface area (Å²) in [5, 5.41) is 0. The summed E-state index contributed by atoms with van der Waals surface area (Å²) in [6.07, 6.45) is 0.831. The van der Waals surface area contributed by atoms with Crippen LogP contribution in [0.4, 0.5) is 0 Å². The van der Waals surface area contributed by atoms with Crippen LogP contribution in [-0.2, 0) is 0 Å². The second-order valence-electron chi connectivity index (χ2n) is 3.32. The van der Waals surface area contributed by atoms with E-state index in [2.05, 4.69) is 4.98 Å². The van der Waals surface area contributed by atoms with Crippen LogP contribution >= 0.6 is 0 Å². The molecule has 1 aromatic rings. The molecule has 13 heavy (non-hydrogen) atoms. The Hall–Kier alpha value is -1.12. The number of ketones is 1. The standard InChI is InChI=1S/C10H15NO2/c1-5-6(2)9(12)10-7(3)11-8(4)13-10/h6H,5H2,1-4H3. The van der Waals surface area contributed by atoms with Gasteiger partial charge in [-0.25, -0.2) is 4.98 Å². The molecule has 0 saturated heterocycles. The average Bonchev–Trinajstić information content (AvgIpc) is 2.42. The Morgan fingerprint density at radius 3 is 2.54 bits per heavy atom. The summed E-state index contributed by atoms with van der Waals surface area (Å²) in [4.78, 5) is 15.7. The molecule has 0 amide bonds. The van der Waals surface area contributed by atoms with Gasteiger partial charge >= 0.3 is 0 Å². The summed E-state index contributed by atoms with van der Waals surface area (Å²) in [5.74, 6) is 1.06. The summed E-state index contributed by atoms with van der Waals surface area (Å²) in [6.45, 7) is 7.44. The molecule has 1 rings (SSSR count). The van der Waals surface area contributed by atoms with Gasteiger partial charge in [0.2, 0.25) is 5.78 Å². The van der Waals surface area contributed by atoms with Crippen LogP contribution < -0.4 is 0 Å². The molecule has 0 saturated carbocycles. The van der Waals surface area contributed by atoms with Crippen LogP contribution in [0.1, 0.15) is 42.4 Å². The Bertz CT molecular complexity index is 315. The lowest BCUT2D eigenvalue weighted by atomic mass is 10.0. The molecule has 0 aliphatic carbocycles. The minimum Gasteiger partial charge on any atom is -0.438 e. The molecule has 0 N–H and O–H groups in total. The molecule has 0 radical (unpaired) electrons. The van der Waals surface area contributed by atoms with Crippen LogP contribution in [-0.4, -0.2) is 10.8 Å². The highest BCUT2D eigenvalue weighted by Crippen LogP contribution is 2.16. The average molecular weight is 181 g/mol. The number of hydrogen-bond acceptors (Lipinski definition) is 3. The minimum atomic E-state index is 0.0195. The lowest BCUT2D eigenvalue weighted by Gasteiger charge is -2.03. The molecule has 0 aliphatic rings. The van der Waals surface area contributed by atoms with E-state index in [9.17, 15) is 4.79 Å². The second-order valence-corrected chi connectivity index (χ2v) is 3.32. The van der Waals surface area contributed by atoms with Crippen LogP contribution in [0.5, 0.6) is 0 Å². The number of aromatic nitrogens is 1. The molecule has 1 heterocycles. The molecule has 3 nitrogen and oxygen atoms in total. The second kappa shape index (κ2) is 3.73. The van der Waals surface area contributed by atoms with E-state index in [0.29, 0.717) is 17.3 Å². The van der Waals surface area contributed by atoms with Crippen LogP contribution in [0.25, 0.3) is 0 Å². The van der Waals surface area contributed by atoms with E-state index in [-0.39, 0.29) is 11.7 Å². The number of carbonyl (C=O) groups excluding carboxylic acids is 1. The van der Waals surface area contributed by atoms with E-state index >= 15 is 0 Å². The summed E-state index contributed by atoms with van der Waals surface area (Å²) in [6, 6.07) is 0. The maximum atomic E-state index is 11.7. The summed E-state index contributed by atoms with van der Waals surface area (Å²) < 4.78 is 5.24. The van der Waals surface area contributed by atoms with Gasteiger partial charge in [0.05, 0.1) is 5.69 Å². The van der Waals surface area contributed by atoms with Gasteiger partial charge in [-0.15, -0.1) is 0 Å². The molecule has 0 bridgehead atoms. The third-order valence-electron chi connectivity index (χ3n) is 2.19. The predicted octanol–water partition coefficient (Wildman–Crippen LogP) is 2.52. The smallest absolute Gasteiger partial charge is 0.202 e.